The largest absolute Gasteiger partial charge is 0.481 e. The maximum atomic E-state index is 12.8. The van der Waals surface area contributed by atoms with Crippen LogP contribution in [0.25, 0.3) is 0 Å². The molecule has 4 nitrogen and oxygen atoms in total. The van der Waals surface area contributed by atoms with Gasteiger partial charge in [-0.25, -0.2) is 4.39 Å². The molecule has 0 aliphatic rings. The third-order valence-electron chi connectivity index (χ3n) is 3.10. The summed E-state index contributed by atoms with van der Waals surface area (Å²) in [5.74, 6) is -1.18. The second-order valence-electron chi connectivity index (χ2n) is 4.43. The zero-order chi connectivity index (χ0) is 14.3. The topological polar surface area (TPSA) is 60.8 Å². The molecular formula is C14H20FNO3. The van der Waals surface area contributed by atoms with Crippen LogP contribution in [0.1, 0.15) is 18.9 Å². The minimum Gasteiger partial charge on any atom is -0.481 e. The van der Waals surface area contributed by atoms with Crippen molar-refractivity contribution in [2.75, 3.05) is 19.7 Å². The van der Waals surface area contributed by atoms with Gasteiger partial charge in [0.2, 0.25) is 0 Å². The lowest BCUT2D eigenvalue weighted by Gasteiger charge is -2.29. The molecule has 0 heterocycles. The van der Waals surface area contributed by atoms with Gasteiger partial charge in [-0.3, -0.25) is 9.69 Å². The minimum atomic E-state index is -0.872. The average molecular weight is 269 g/mol. The van der Waals surface area contributed by atoms with Crippen LogP contribution in [-0.2, 0) is 11.2 Å². The Morgan fingerprint density at radius 2 is 2.00 bits per heavy atom. The van der Waals surface area contributed by atoms with Crippen LogP contribution in [0, 0.1) is 5.82 Å². The van der Waals surface area contributed by atoms with Crippen molar-refractivity contribution in [3.63, 3.8) is 0 Å². The van der Waals surface area contributed by atoms with Crippen molar-refractivity contribution in [2.24, 2.45) is 0 Å². The fraction of sp³-hybridized carbons (Fsp3) is 0.500. The molecule has 1 atom stereocenters. The van der Waals surface area contributed by atoms with E-state index in [0.717, 1.165) is 5.56 Å². The summed E-state index contributed by atoms with van der Waals surface area (Å²) in [6, 6.07) is 5.87. The van der Waals surface area contributed by atoms with Gasteiger partial charge in [-0.05, 0) is 30.7 Å². The molecule has 19 heavy (non-hydrogen) atoms. The molecule has 2 N–H and O–H groups in total. The maximum Gasteiger partial charge on any atom is 0.304 e. The highest BCUT2D eigenvalue weighted by molar-refractivity contribution is 5.67. The van der Waals surface area contributed by atoms with Gasteiger partial charge < -0.3 is 10.2 Å². The number of hydrogen-bond acceptors (Lipinski definition) is 3. The molecule has 106 valence electrons. The SMILES string of the molecule is CCN(CCO)C(CC(=O)O)Cc1ccc(F)cc1. The van der Waals surface area contributed by atoms with Crippen LogP contribution in [0.4, 0.5) is 4.39 Å². The van der Waals surface area contributed by atoms with Gasteiger partial charge in [0.1, 0.15) is 5.82 Å². The summed E-state index contributed by atoms with van der Waals surface area (Å²) < 4.78 is 12.8. The van der Waals surface area contributed by atoms with Gasteiger partial charge in [-0.2, -0.15) is 0 Å². The summed E-state index contributed by atoms with van der Waals surface area (Å²) >= 11 is 0. The molecule has 0 spiro atoms. The number of likely N-dealkylation sites (N-methyl/N-ethyl adjacent to an activating group) is 1. The Labute approximate surface area is 112 Å². The molecule has 0 bridgehead atoms. The van der Waals surface area contributed by atoms with Crippen molar-refractivity contribution in [1.82, 2.24) is 4.90 Å². The first-order chi connectivity index (χ1) is 9.06. The van der Waals surface area contributed by atoms with E-state index in [1.807, 2.05) is 11.8 Å². The van der Waals surface area contributed by atoms with Crippen molar-refractivity contribution in [3.05, 3.63) is 35.6 Å². The monoisotopic (exact) mass is 269 g/mol. The quantitative estimate of drug-likeness (QED) is 0.751. The zero-order valence-electron chi connectivity index (χ0n) is 11.1. The Bertz CT molecular complexity index is 394. The highest BCUT2D eigenvalue weighted by Gasteiger charge is 2.20. The summed E-state index contributed by atoms with van der Waals surface area (Å²) in [5, 5.41) is 18.0. The fourth-order valence-corrected chi connectivity index (χ4v) is 2.15. The number of aliphatic carboxylic acids is 1. The van der Waals surface area contributed by atoms with Crippen LogP contribution in [0.3, 0.4) is 0 Å². The second kappa shape index (κ2) is 7.86. The smallest absolute Gasteiger partial charge is 0.304 e. The summed E-state index contributed by atoms with van der Waals surface area (Å²) in [5.41, 5.74) is 0.893. The summed E-state index contributed by atoms with van der Waals surface area (Å²) in [4.78, 5) is 12.9. The zero-order valence-corrected chi connectivity index (χ0v) is 11.1. The van der Waals surface area contributed by atoms with Gasteiger partial charge in [0.05, 0.1) is 13.0 Å². The predicted octanol–water partition coefficient (Wildman–Crippen LogP) is 1.53. The lowest BCUT2D eigenvalue weighted by Crippen LogP contribution is -2.40. The molecule has 0 aliphatic heterocycles. The van der Waals surface area contributed by atoms with Crippen LogP contribution in [0.15, 0.2) is 24.3 Å². The number of hydrogen-bond donors (Lipinski definition) is 2. The van der Waals surface area contributed by atoms with Gasteiger partial charge in [-0.15, -0.1) is 0 Å². The molecule has 0 amide bonds. The molecule has 1 aromatic rings. The summed E-state index contributed by atoms with van der Waals surface area (Å²) in [6.45, 7) is 3.03. The highest BCUT2D eigenvalue weighted by atomic mass is 19.1. The van der Waals surface area contributed by atoms with Crippen molar-refractivity contribution < 1.29 is 19.4 Å². The Morgan fingerprint density at radius 3 is 2.47 bits per heavy atom. The molecule has 0 aromatic heterocycles. The molecule has 0 fully saturated rings. The molecule has 1 unspecified atom stereocenters. The van der Waals surface area contributed by atoms with E-state index in [4.69, 9.17) is 10.2 Å². The number of rotatable bonds is 8. The van der Waals surface area contributed by atoms with Crippen molar-refractivity contribution in [3.8, 4) is 0 Å². The standard InChI is InChI=1S/C14H20FNO3/c1-2-16(7-8-17)13(10-14(18)19)9-11-3-5-12(15)6-4-11/h3-6,13,17H,2,7-10H2,1H3,(H,18,19). The number of carbonyl (C=O) groups is 1. The number of nitrogens with zero attached hydrogens (tertiary/aromatic N) is 1. The van der Waals surface area contributed by atoms with E-state index >= 15 is 0 Å². The van der Waals surface area contributed by atoms with Crippen LogP contribution in [-0.4, -0.2) is 46.8 Å². The van der Waals surface area contributed by atoms with Crippen molar-refractivity contribution in [1.29, 1.82) is 0 Å². The van der Waals surface area contributed by atoms with Crippen molar-refractivity contribution in [2.45, 2.75) is 25.8 Å². The average Bonchev–Trinajstić information content (AvgIpc) is 2.37. The van der Waals surface area contributed by atoms with Crippen LogP contribution in [0.5, 0.6) is 0 Å². The predicted molar refractivity (Wildman–Crippen MR) is 70.5 cm³/mol. The number of carboxylic acids is 1. The Morgan fingerprint density at radius 1 is 1.37 bits per heavy atom. The van der Waals surface area contributed by atoms with Crippen LogP contribution >= 0.6 is 0 Å². The van der Waals surface area contributed by atoms with Gasteiger partial charge >= 0.3 is 5.97 Å². The number of carboxylic acid groups (broad SMARTS) is 1. The Balaban J connectivity index is 2.77. The van der Waals surface area contributed by atoms with E-state index in [0.29, 0.717) is 19.5 Å². The highest BCUT2D eigenvalue weighted by Crippen LogP contribution is 2.13. The lowest BCUT2D eigenvalue weighted by molar-refractivity contribution is -0.138. The first kappa shape index (κ1) is 15.6. The van der Waals surface area contributed by atoms with E-state index in [2.05, 4.69) is 0 Å². The molecule has 5 heteroatoms. The van der Waals surface area contributed by atoms with E-state index < -0.39 is 5.97 Å². The van der Waals surface area contributed by atoms with E-state index in [1.54, 1.807) is 12.1 Å². The molecule has 1 rings (SSSR count). The van der Waals surface area contributed by atoms with Gasteiger partial charge in [-0.1, -0.05) is 19.1 Å². The normalized spacial score (nSPS) is 12.6. The maximum absolute atomic E-state index is 12.8. The van der Waals surface area contributed by atoms with Crippen LogP contribution < -0.4 is 0 Å². The third-order valence-corrected chi connectivity index (χ3v) is 3.10. The van der Waals surface area contributed by atoms with Gasteiger partial charge in [0.15, 0.2) is 0 Å². The first-order valence-electron chi connectivity index (χ1n) is 6.38. The van der Waals surface area contributed by atoms with E-state index in [9.17, 15) is 9.18 Å². The molecular weight excluding hydrogens is 249 g/mol. The van der Waals surface area contributed by atoms with Gasteiger partial charge in [0, 0.05) is 12.6 Å². The molecule has 0 aliphatic carbocycles. The summed E-state index contributed by atoms with van der Waals surface area (Å²) in [7, 11) is 0. The minimum absolute atomic E-state index is 0.00518. The van der Waals surface area contributed by atoms with Crippen LogP contribution in [0.2, 0.25) is 0 Å². The summed E-state index contributed by atoms with van der Waals surface area (Å²) in [6.07, 6.45) is 0.533. The van der Waals surface area contributed by atoms with E-state index in [-0.39, 0.29) is 24.9 Å². The Kier molecular flexibility index (Phi) is 6.45. The molecule has 1 aromatic carbocycles. The van der Waals surface area contributed by atoms with Gasteiger partial charge in [0.25, 0.3) is 0 Å². The van der Waals surface area contributed by atoms with Crippen molar-refractivity contribution >= 4 is 5.97 Å². The number of benzene rings is 1. The molecule has 0 saturated heterocycles. The first-order valence-corrected chi connectivity index (χ1v) is 6.38. The fourth-order valence-electron chi connectivity index (χ4n) is 2.15. The third kappa shape index (κ3) is 5.36. The second-order valence-corrected chi connectivity index (χ2v) is 4.43. The molecule has 0 radical (unpaired) electrons. The number of halogens is 1. The molecule has 0 saturated carbocycles. The Hall–Kier alpha value is -1.46. The van der Waals surface area contributed by atoms with E-state index in [1.165, 1.54) is 12.1 Å². The number of aliphatic hydroxyl groups is 1. The lowest BCUT2D eigenvalue weighted by atomic mass is 10.0. The number of aliphatic hydroxyl groups excluding tert-OH is 1.